The van der Waals surface area contributed by atoms with Gasteiger partial charge in [-0.3, -0.25) is 4.79 Å². The highest BCUT2D eigenvalue weighted by Gasteiger charge is 2.23. The minimum absolute atomic E-state index is 0.0211. The zero-order chi connectivity index (χ0) is 16.1. The number of carbonyl (C=O) groups excluding carboxylic acids is 1. The number of benzene rings is 3. The summed E-state index contributed by atoms with van der Waals surface area (Å²) >= 11 is 0. The quantitative estimate of drug-likeness (QED) is 0.594. The first kappa shape index (κ1) is 15.2. The zero-order valence-corrected chi connectivity index (χ0v) is 12.7. The Hall–Kier alpha value is -2.74. The number of hydrogen-bond donors (Lipinski definition) is 0. The second-order valence-corrected chi connectivity index (χ2v) is 5.45. The summed E-state index contributed by atoms with van der Waals surface area (Å²) in [5.41, 5.74) is 2.98. The molecule has 0 aliphatic carbocycles. The molecule has 0 fully saturated rings. The maximum absolute atomic E-state index is 13.1. The third-order valence-electron chi connectivity index (χ3n) is 3.89. The van der Waals surface area contributed by atoms with Gasteiger partial charge in [-0.2, -0.15) is 0 Å². The topological polar surface area (TPSA) is 17.1 Å². The molecule has 0 aromatic heterocycles. The lowest BCUT2D eigenvalue weighted by Crippen LogP contribution is -2.14. The van der Waals surface area contributed by atoms with Gasteiger partial charge in [-0.15, -0.1) is 0 Å². The van der Waals surface area contributed by atoms with Crippen molar-refractivity contribution in [3.8, 4) is 0 Å². The molecule has 0 bridgehead atoms. The van der Waals surface area contributed by atoms with Crippen molar-refractivity contribution in [2.75, 3.05) is 0 Å². The molecule has 2 heteroatoms. The zero-order valence-electron chi connectivity index (χ0n) is 12.7. The lowest BCUT2D eigenvalue weighted by Gasteiger charge is -2.18. The van der Waals surface area contributed by atoms with Crippen LogP contribution < -0.4 is 0 Å². The molecular weight excluding hydrogens is 287 g/mol. The molecule has 114 valence electrons. The number of Topliss-reactive ketones (excluding diaryl/α,β-unsaturated/α-hetero) is 1. The van der Waals surface area contributed by atoms with Crippen molar-refractivity contribution in [3.05, 3.63) is 107 Å². The highest BCUT2D eigenvalue weighted by Crippen LogP contribution is 2.29. The molecule has 3 aromatic carbocycles. The van der Waals surface area contributed by atoms with E-state index in [9.17, 15) is 9.18 Å². The van der Waals surface area contributed by atoms with Crippen molar-refractivity contribution in [2.24, 2.45) is 0 Å². The molecule has 0 saturated carbocycles. The second-order valence-electron chi connectivity index (χ2n) is 5.45. The van der Waals surface area contributed by atoms with E-state index in [1.807, 2.05) is 66.7 Å². The minimum atomic E-state index is -0.533. The summed E-state index contributed by atoms with van der Waals surface area (Å²) in [4.78, 5) is 13.1. The van der Waals surface area contributed by atoms with Crippen LogP contribution >= 0.6 is 0 Å². The SMILES string of the molecule is O=C(c1ccccc1)C(c1ccccc1)c1cccc(CF)c1. The Morgan fingerprint density at radius 1 is 0.783 bits per heavy atom. The van der Waals surface area contributed by atoms with Gasteiger partial charge in [0.15, 0.2) is 5.78 Å². The molecule has 0 amide bonds. The third-order valence-corrected chi connectivity index (χ3v) is 3.89. The first-order valence-electron chi connectivity index (χ1n) is 7.58. The van der Waals surface area contributed by atoms with Gasteiger partial charge in [0.1, 0.15) is 6.67 Å². The summed E-state index contributed by atoms with van der Waals surface area (Å²) in [6.45, 7) is -0.533. The molecule has 1 unspecified atom stereocenters. The van der Waals surface area contributed by atoms with Crippen molar-refractivity contribution in [1.82, 2.24) is 0 Å². The normalized spacial score (nSPS) is 11.9. The number of carbonyl (C=O) groups is 1. The Morgan fingerprint density at radius 3 is 2.04 bits per heavy atom. The van der Waals surface area contributed by atoms with E-state index in [0.29, 0.717) is 11.1 Å². The third kappa shape index (κ3) is 3.37. The standard InChI is InChI=1S/C21H17FO/c22-15-16-8-7-13-19(14-16)20(17-9-3-1-4-10-17)21(23)18-11-5-2-6-12-18/h1-14,20H,15H2. The van der Waals surface area contributed by atoms with Gasteiger partial charge < -0.3 is 0 Å². The molecule has 0 aliphatic rings. The van der Waals surface area contributed by atoms with Crippen LogP contribution in [0.15, 0.2) is 84.9 Å². The van der Waals surface area contributed by atoms with Crippen LogP contribution in [0.5, 0.6) is 0 Å². The predicted molar refractivity (Wildman–Crippen MR) is 90.3 cm³/mol. The molecule has 0 spiro atoms. The summed E-state index contributed by atoms with van der Waals surface area (Å²) in [6, 6.07) is 26.1. The molecule has 23 heavy (non-hydrogen) atoms. The lowest BCUT2D eigenvalue weighted by atomic mass is 9.84. The molecule has 1 nitrogen and oxygen atoms in total. The van der Waals surface area contributed by atoms with E-state index in [1.54, 1.807) is 18.2 Å². The largest absolute Gasteiger partial charge is 0.293 e. The molecule has 1 atom stereocenters. The van der Waals surface area contributed by atoms with Crippen LogP contribution in [0, 0.1) is 0 Å². The highest BCUT2D eigenvalue weighted by molar-refractivity contribution is 6.03. The van der Waals surface area contributed by atoms with Gasteiger partial charge in [-0.1, -0.05) is 84.9 Å². The Balaban J connectivity index is 2.09. The van der Waals surface area contributed by atoms with E-state index in [-0.39, 0.29) is 5.78 Å². The van der Waals surface area contributed by atoms with Gasteiger partial charge in [0.05, 0.1) is 5.92 Å². The van der Waals surface area contributed by atoms with Gasteiger partial charge in [0.25, 0.3) is 0 Å². The van der Waals surface area contributed by atoms with E-state index in [4.69, 9.17) is 0 Å². The monoisotopic (exact) mass is 304 g/mol. The van der Waals surface area contributed by atoms with E-state index >= 15 is 0 Å². The summed E-state index contributed by atoms with van der Waals surface area (Å²) in [6.07, 6.45) is 0. The average Bonchev–Trinajstić information content (AvgIpc) is 2.64. The Kier molecular flexibility index (Phi) is 4.62. The number of ketones is 1. The van der Waals surface area contributed by atoms with Gasteiger partial charge in [-0.05, 0) is 16.7 Å². The van der Waals surface area contributed by atoms with Crippen LogP contribution in [0.4, 0.5) is 4.39 Å². The Labute approximate surface area is 135 Å². The Morgan fingerprint density at radius 2 is 1.39 bits per heavy atom. The molecule has 0 heterocycles. The lowest BCUT2D eigenvalue weighted by molar-refractivity contribution is 0.0974. The minimum Gasteiger partial charge on any atom is -0.293 e. The summed E-state index contributed by atoms with van der Waals surface area (Å²) < 4.78 is 13.0. The van der Waals surface area contributed by atoms with Crippen LogP contribution in [0.1, 0.15) is 33.0 Å². The van der Waals surface area contributed by atoms with Crippen LogP contribution in [0.25, 0.3) is 0 Å². The summed E-state index contributed by atoms with van der Waals surface area (Å²) in [7, 11) is 0. The van der Waals surface area contributed by atoms with Crippen LogP contribution in [-0.2, 0) is 6.67 Å². The number of hydrogen-bond acceptors (Lipinski definition) is 1. The number of halogens is 1. The molecule has 0 saturated heterocycles. The molecule has 3 aromatic rings. The maximum atomic E-state index is 13.1. The fourth-order valence-electron chi connectivity index (χ4n) is 2.77. The van der Waals surface area contributed by atoms with Gasteiger partial charge in [-0.25, -0.2) is 4.39 Å². The van der Waals surface area contributed by atoms with E-state index < -0.39 is 12.6 Å². The Bertz CT molecular complexity index is 781. The first-order valence-corrected chi connectivity index (χ1v) is 7.58. The number of rotatable bonds is 5. The molecule has 3 rings (SSSR count). The smallest absolute Gasteiger partial charge is 0.174 e. The molecule has 0 radical (unpaired) electrons. The van der Waals surface area contributed by atoms with Crippen molar-refractivity contribution in [2.45, 2.75) is 12.6 Å². The van der Waals surface area contributed by atoms with Crippen LogP contribution in [0.3, 0.4) is 0 Å². The fraction of sp³-hybridized carbons (Fsp3) is 0.0952. The van der Waals surface area contributed by atoms with E-state index in [0.717, 1.165) is 11.1 Å². The summed E-state index contributed by atoms with van der Waals surface area (Å²) in [5.74, 6) is -0.405. The fourth-order valence-corrected chi connectivity index (χ4v) is 2.77. The average molecular weight is 304 g/mol. The molecular formula is C21H17FO. The van der Waals surface area contributed by atoms with E-state index in [1.165, 1.54) is 0 Å². The summed E-state index contributed by atoms with van der Waals surface area (Å²) in [5, 5.41) is 0. The van der Waals surface area contributed by atoms with Crippen molar-refractivity contribution < 1.29 is 9.18 Å². The molecule has 0 aliphatic heterocycles. The van der Waals surface area contributed by atoms with Gasteiger partial charge in [0, 0.05) is 5.56 Å². The number of alkyl halides is 1. The van der Waals surface area contributed by atoms with E-state index in [2.05, 4.69) is 0 Å². The van der Waals surface area contributed by atoms with Crippen molar-refractivity contribution >= 4 is 5.78 Å². The van der Waals surface area contributed by atoms with Crippen molar-refractivity contribution in [3.63, 3.8) is 0 Å². The van der Waals surface area contributed by atoms with Crippen molar-refractivity contribution in [1.29, 1.82) is 0 Å². The molecule has 0 N–H and O–H groups in total. The van der Waals surface area contributed by atoms with Crippen LogP contribution in [0.2, 0.25) is 0 Å². The predicted octanol–water partition coefficient (Wildman–Crippen LogP) is 5.17. The second kappa shape index (κ2) is 7.01. The maximum Gasteiger partial charge on any atom is 0.174 e. The van der Waals surface area contributed by atoms with Gasteiger partial charge >= 0.3 is 0 Å². The van der Waals surface area contributed by atoms with Gasteiger partial charge in [0.2, 0.25) is 0 Å². The first-order chi connectivity index (χ1) is 11.3. The highest BCUT2D eigenvalue weighted by atomic mass is 19.1. The van der Waals surface area contributed by atoms with Crippen LogP contribution in [-0.4, -0.2) is 5.78 Å².